The zero-order chi connectivity index (χ0) is 10.3. The SMILES string of the molecule is CC(C)(C)c1cnn(C(C)(C)C)n1. The normalized spacial score (nSPS) is 13.4. The fourth-order valence-corrected chi connectivity index (χ4v) is 0.930. The van der Waals surface area contributed by atoms with E-state index in [1.807, 2.05) is 6.20 Å². The standard InChI is InChI=1S/C10H19N3/c1-9(2,3)8-7-11-13(12-8)10(4,5)6/h7H,1-6H3. The van der Waals surface area contributed by atoms with Gasteiger partial charge in [0.05, 0.1) is 17.4 Å². The van der Waals surface area contributed by atoms with Gasteiger partial charge in [0.1, 0.15) is 0 Å². The van der Waals surface area contributed by atoms with Gasteiger partial charge < -0.3 is 0 Å². The molecule has 0 radical (unpaired) electrons. The van der Waals surface area contributed by atoms with E-state index in [9.17, 15) is 0 Å². The van der Waals surface area contributed by atoms with E-state index >= 15 is 0 Å². The van der Waals surface area contributed by atoms with E-state index in [2.05, 4.69) is 51.7 Å². The Morgan fingerprint density at radius 3 is 1.85 bits per heavy atom. The van der Waals surface area contributed by atoms with Crippen LogP contribution in [0.4, 0.5) is 0 Å². The molecule has 0 unspecified atom stereocenters. The molecule has 3 heteroatoms. The van der Waals surface area contributed by atoms with Crippen molar-refractivity contribution < 1.29 is 0 Å². The molecule has 13 heavy (non-hydrogen) atoms. The Kier molecular flexibility index (Phi) is 2.22. The van der Waals surface area contributed by atoms with Crippen LogP contribution in [-0.4, -0.2) is 15.0 Å². The third-order valence-corrected chi connectivity index (χ3v) is 1.86. The van der Waals surface area contributed by atoms with Crippen molar-refractivity contribution in [3.63, 3.8) is 0 Å². The molecule has 1 rings (SSSR count). The smallest absolute Gasteiger partial charge is 0.0880 e. The summed E-state index contributed by atoms with van der Waals surface area (Å²) < 4.78 is 0. The van der Waals surface area contributed by atoms with Crippen LogP contribution in [0.3, 0.4) is 0 Å². The molecule has 0 atom stereocenters. The van der Waals surface area contributed by atoms with Crippen LogP contribution in [0.25, 0.3) is 0 Å². The van der Waals surface area contributed by atoms with Crippen molar-refractivity contribution in [1.29, 1.82) is 0 Å². The Hall–Kier alpha value is -0.860. The van der Waals surface area contributed by atoms with E-state index in [0.717, 1.165) is 5.69 Å². The molecule has 0 N–H and O–H groups in total. The van der Waals surface area contributed by atoms with E-state index < -0.39 is 0 Å². The molecule has 3 nitrogen and oxygen atoms in total. The Balaban J connectivity index is 3.01. The molecule has 0 amide bonds. The molecule has 0 aromatic carbocycles. The van der Waals surface area contributed by atoms with Crippen molar-refractivity contribution in [2.75, 3.05) is 0 Å². The number of aromatic nitrogens is 3. The molecule has 0 aliphatic rings. The fraction of sp³-hybridized carbons (Fsp3) is 0.800. The van der Waals surface area contributed by atoms with Crippen LogP contribution in [0.2, 0.25) is 0 Å². The van der Waals surface area contributed by atoms with E-state index in [-0.39, 0.29) is 11.0 Å². The third-order valence-electron chi connectivity index (χ3n) is 1.86. The van der Waals surface area contributed by atoms with Gasteiger partial charge in [-0.25, -0.2) is 0 Å². The summed E-state index contributed by atoms with van der Waals surface area (Å²) in [5.41, 5.74) is 1.11. The minimum atomic E-state index is -0.0243. The summed E-state index contributed by atoms with van der Waals surface area (Å²) in [6.45, 7) is 12.7. The molecule has 0 spiro atoms. The number of hydrogen-bond donors (Lipinski definition) is 0. The van der Waals surface area contributed by atoms with Gasteiger partial charge in [0, 0.05) is 5.41 Å². The Bertz CT molecular complexity index is 257. The van der Waals surface area contributed by atoms with Crippen LogP contribution in [0, 0.1) is 0 Å². The quantitative estimate of drug-likeness (QED) is 0.615. The molecule has 0 aliphatic heterocycles. The first kappa shape index (κ1) is 10.2. The number of rotatable bonds is 0. The average molecular weight is 181 g/mol. The molecule has 74 valence electrons. The summed E-state index contributed by atoms with van der Waals surface area (Å²) >= 11 is 0. The molecule has 0 saturated carbocycles. The molecule has 1 aromatic heterocycles. The molecular formula is C10H19N3. The van der Waals surface area contributed by atoms with Crippen LogP contribution in [0.15, 0.2) is 6.20 Å². The first-order valence-corrected chi connectivity index (χ1v) is 4.64. The maximum atomic E-state index is 4.46. The summed E-state index contributed by atoms with van der Waals surface area (Å²) in [5.74, 6) is 0. The Morgan fingerprint density at radius 2 is 1.62 bits per heavy atom. The van der Waals surface area contributed by atoms with Crippen molar-refractivity contribution >= 4 is 0 Å². The average Bonchev–Trinajstić information content (AvgIpc) is 2.28. The fourth-order valence-electron chi connectivity index (χ4n) is 0.930. The molecule has 0 saturated heterocycles. The first-order valence-electron chi connectivity index (χ1n) is 4.64. The molecule has 0 aliphatic carbocycles. The highest BCUT2D eigenvalue weighted by molar-refractivity contribution is 5.06. The van der Waals surface area contributed by atoms with E-state index in [4.69, 9.17) is 0 Å². The van der Waals surface area contributed by atoms with Gasteiger partial charge in [0.2, 0.25) is 0 Å². The van der Waals surface area contributed by atoms with Crippen LogP contribution >= 0.6 is 0 Å². The highest BCUT2D eigenvalue weighted by atomic mass is 15.5. The lowest BCUT2D eigenvalue weighted by Gasteiger charge is -2.18. The van der Waals surface area contributed by atoms with Gasteiger partial charge in [0.25, 0.3) is 0 Å². The predicted octanol–water partition coefficient (Wildman–Crippen LogP) is 2.33. The minimum absolute atomic E-state index is 0.0243. The van der Waals surface area contributed by atoms with E-state index in [0.29, 0.717) is 0 Å². The maximum Gasteiger partial charge on any atom is 0.0880 e. The lowest BCUT2D eigenvalue weighted by atomic mass is 9.93. The topological polar surface area (TPSA) is 30.7 Å². The van der Waals surface area contributed by atoms with Crippen molar-refractivity contribution in [1.82, 2.24) is 15.0 Å². The van der Waals surface area contributed by atoms with Crippen LogP contribution < -0.4 is 0 Å². The molecule has 1 aromatic rings. The second-order valence-electron chi connectivity index (χ2n) is 5.44. The number of hydrogen-bond acceptors (Lipinski definition) is 2. The zero-order valence-corrected chi connectivity index (χ0v) is 9.42. The van der Waals surface area contributed by atoms with Gasteiger partial charge in [-0.15, -0.1) is 0 Å². The Morgan fingerprint density at radius 1 is 1.08 bits per heavy atom. The predicted molar refractivity (Wildman–Crippen MR) is 53.7 cm³/mol. The van der Waals surface area contributed by atoms with Crippen LogP contribution in [0.5, 0.6) is 0 Å². The third kappa shape index (κ3) is 2.29. The van der Waals surface area contributed by atoms with Gasteiger partial charge in [0.15, 0.2) is 0 Å². The monoisotopic (exact) mass is 181 g/mol. The summed E-state index contributed by atoms with van der Waals surface area (Å²) in [4.78, 5) is 1.77. The van der Waals surface area contributed by atoms with Gasteiger partial charge in [-0.3, -0.25) is 0 Å². The highest BCUT2D eigenvalue weighted by Gasteiger charge is 2.21. The largest absolute Gasteiger partial charge is 0.179 e. The van der Waals surface area contributed by atoms with Crippen molar-refractivity contribution in [3.05, 3.63) is 11.9 Å². The Labute approximate surface area is 80.1 Å². The molecular weight excluding hydrogens is 162 g/mol. The minimum Gasteiger partial charge on any atom is -0.179 e. The zero-order valence-electron chi connectivity index (χ0n) is 9.42. The number of nitrogens with zero attached hydrogens (tertiary/aromatic N) is 3. The molecule has 1 heterocycles. The lowest BCUT2D eigenvalue weighted by Crippen LogP contribution is -2.25. The summed E-state index contributed by atoms with van der Waals surface area (Å²) in [7, 11) is 0. The van der Waals surface area contributed by atoms with Crippen molar-refractivity contribution in [2.45, 2.75) is 52.5 Å². The van der Waals surface area contributed by atoms with Gasteiger partial charge in [-0.05, 0) is 20.8 Å². The van der Waals surface area contributed by atoms with Crippen molar-refractivity contribution in [3.8, 4) is 0 Å². The van der Waals surface area contributed by atoms with Gasteiger partial charge in [-0.1, -0.05) is 20.8 Å². The highest BCUT2D eigenvalue weighted by Crippen LogP contribution is 2.20. The lowest BCUT2D eigenvalue weighted by molar-refractivity contribution is 0.308. The van der Waals surface area contributed by atoms with Crippen molar-refractivity contribution in [2.24, 2.45) is 0 Å². The molecule has 0 fully saturated rings. The van der Waals surface area contributed by atoms with Gasteiger partial charge in [-0.2, -0.15) is 15.0 Å². The second kappa shape index (κ2) is 2.82. The maximum absolute atomic E-state index is 4.46. The summed E-state index contributed by atoms with van der Waals surface area (Å²) in [6.07, 6.45) is 1.85. The van der Waals surface area contributed by atoms with E-state index in [1.165, 1.54) is 0 Å². The summed E-state index contributed by atoms with van der Waals surface area (Å²) in [5, 5.41) is 8.72. The second-order valence-corrected chi connectivity index (χ2v) is 5.44. The van der Waals surface area contributed by atoms with Crippen LogP contribution in [-0.2, 0) is 11.0 Å². The van der Waals surface area contributed by atoms with Gasteiger partial charge >= 0.3 is 0 Å². The first-order chi connectivity index (χ1) is 5.71. The molecule has 0 bridgehead atoms. The summed E-state index contributed by atoms with van der Waals surface area (Å²) in [6, 6.07) is 0. The van der Waals surface area contributed by atoms with Crippen LogP contribution in [0.1, 0.15) is 47.2 Å². The van der Waals surface area contributed by atoms with E-state index in [1.54, 1.807) is 4.80 Å².